The van der Waals surface area contributed by atoms with Gasteiger partial charge < -0.3 is 19.3 Å². The van der Waals surface area contributed by atoms with E-state index in [9.17, 15) is 5.11 Å². The fourth-order valence-electron chi connectivity index (χ4n) is 6.17. The van der Waals surface area contributed by atoms with Crippen molar-refractivity contribution in [2.24, 2.45) is 0 Å². The highest BCUT2D eigenvalue weighted by atomic mass is 16.5. The van der Waals surface area contributed by atoms with Gasteiger partial charge in [-0.15, -0.1) is 0 Å². The third-order valence-electron chi connectivity index (χ3n) is 8.50. The van der Waals surface area contributed by atoms with Gasteiger partial charge in [-0.2, -0.15) is 0 Å². The van der Waals surface area contributed by atoms with Gasteiger partial charge in [-0.05, 0) is 86.5 Å². The highest BCUT2D eigenvalue weighted by Gasteiger charge is 2.47. The van der Waals surface area contributed by atoms with E-state index in [-0.39, 0.29) is 24.0 Å². The van der Waals surface area contributed by atoms with Gasteiger partial charge in [0.1, 0.15) is 24.7 Å². The third-order valence-corrected chi connectivity index (χ3v) is 8.50. The molecule has 4 aromatic carbocycles. The molecular formula is C39H46O4. The number of aliphatic hydroxyl groups is 1. The molecule has 0 saturated heterocycles. The van der Waals surface area contributed by atoms with Gasteiger partial charge in [0, 0.05) is 6.61 Å². The fourth-order valence-corrected chi connectivity index (χ4v) is 6.17. The normalized spacial score (nSPS) is 13.9. The van der Waals surface area contributed by atoms with E-state index < -0.39 is 5.41 Å². The van der Waals surface area contributed by atoms with Crippen molar-refractivity contribution in [3.05, 3.63) is 118 Å². The molecule has 5 rings (SSSR count). The molecule has 4 nitrogen and oxygen atoms in total. The summed E-state index contributed by atoms with van der Waals surface area (Å²) < 4.78 is 17.3. The molecule has 0 atom stereocenters. The van der Waals surface area contributed by atoms with E-state index in [1.165, 1.54) is 44.5 Å². The zero-order valence-corrected chi connectivity index (χ0v) is 26.8. The van der Waals surface area contributed by atoms with Crippen LogP contribution in [0.5, 0.6) is 11.5 Å². The lowest BCUT2D eigenvalue weighted by Gasteiger charge is -2.35. The second kappa shape index (κ2) is 12.2. The first kappa shape index (κ1) is 30.8. The van der Waals surface area contributed by atoms with Crippen molar-refractivity contribution in [3.63, 3.8) is 0 Å². The van der Waals surface area contributed by atoms with Crippen LogP contribution in [0.1, 0.15) is 81.8 Å². The molecule has 0 spiro atoms. The van der Waals surface area contributed by atoms with E-state index in [0.717, 1.165) is 11.5 Å². The molecule has 1 aliphatic carbocycles. The van der Waals surface area contributed by atoms with Crippen molar-refractivity contribution < 1.29 is 19.3 Å². The minimum absolute atomic E-state index is 0.00758. The van der Waals surface area contributed by atoms with Gasteiger partial charge in [0.25, 0.3) is 0 Å². The molecule has 0 bridgehead atoms. The van der Waals surface area contributed by atoms with Crippen molar-refractivity contribution in [1.29, 1.82) is 0 Å². The lowest BCUT2D eigenvalue weighted by Crippen LogP contribution is -2.29. The maximum atomic E-state index is 9.31. The maximum Gasteiger partial charge on any atom is 0.119 e. The van der Waals surface area contributed by atoms with Gasteiger partial charge in [0.2, 0.25) is 0 Å². The minimum atomic E-state index is -0.549. The molecule has 0 heterocycles. The van der Waals surface area contributed by atoms with E-state index in [2.05, 4.69) is 114 Å². The zero-order chi connectivity index (χ0) is 30.8. The predicted molar refractivity (Wildman–Crippen MR) is 176 cm³/mol. The topological polar surface area (TPSA) is 47.9 Å². The van der Waals surface area contributed by atoms with Crippen molar-refractivity contribution in [3.8, 4) is 22.6 Å². The van der Waals surface area contributed by atoms with Crippen LogP contribution in [0.4, 0.5) is 0 Å². The number of hydrogen-bond acceptors (Lipinski definition) is 4. The van der Waals surface area contributed by atoms with Gasteiger partial charge in [-0.25, -0.2) is 0 Å². The van der Waals surface area contributed by atoms with Crippen molar-refractivity contribution in [2.75, 3.05) is 33.0 Å². The van der Waals surface area contributed by atoms with Crippen molar-refractivity contribution in [1.82, 2.24) is 0 Å². The molecule has 1 aliphatic rings. The van der Waals surface area contributed by atoms with E-state index in [0.29, 0.717) is 19.8 Å². The highest BCUT2D eigenvalue weighted by molar-refractivity contribution is 5.87. The van der Waals surface area contributed by atoms with E-state index >= 15 is 0 Å². The lowest BCUT2D eigenvalue weighted by atomic mass is 9.66. The number of aliphatic hydroxyl groups excluding tert-OH is 1. The summed E-state index contributed by atoms with van der Waals surface area (Å²) in [6.07, 6.45) is 0. The number of rotatable bonds is 10. The van der Waals surface area contributed by atoms with E-state index in [1.54, 1.807) is 0 Å². The molecular weight excluding hydrogens is 532 g/mol. The monoisotopic (exact) mass is 578 g/mol. The second-order valence-electron chi connectivity index (χ2n) is 13.4. The summed E-state index contributed by atoms with van der Waals surface area (Å²) in [5.41, 5.74) is 9.51. The van der Waals surface area contributed by atoms with Gasteiger partial charge in [0.05, 0.1) is 18.6 Å². The summed E-state index contributed by atoms with van der Waals surface area (Å²) in [6, 6.07) is 31.1. The zero-order valence-electron chi connectivity index (χ0n) is 26.8. The quantitative estimate of drug-likeness (QED) is 0.169. The Kier molecular flexibility index (Phi) is 8.74. The summed E-state index contributed by atoms with van der Waals surface area (Å²) in [7, 11) is 0. The van der Waals surface area contributed by atoms with Crippen LogP contribution in [0.3, 0.4) is 0 Å². The molecule has 226 valence electrons. The lowest BCUT2D eigenvalue weighted by molar-refractivity contribution is 0.110. The Morgan fingerprint density at radius 3 is 1.42 bits per heavy atom. The van der Waals surface area contributed by atoms with Crippen LogP contribution >= 0.6 is 0 Å². The maximum absolute atomic E-state index is 9.31. The molecule has 0 aromatic heterocycles. The Morgan fingerprint density at radius 2 is 1.02 bits per heavy atom. The SMILES string of the molecule is CCOCCOc1ccc(C2(c3ccc(OCCO)cc3)c3cc(C(C)(C)C)ccc3-c3ccc(C(C)(C)C)cc32)cc1. The molecule has 0 unspecified atom stereocenters. The number of ether oxygens (including phenoxy) is 3. The van der Waals surface area contributed by atoms with Crippen LogP contribution in [0, 0.1) is 0 Å². The predicted octanol–water partition coefficient (Wildman–Crippen LogP) is 8.43. The fraction of sp³-hybridized carbons (Fsp3) is 0.385. The molecule has 4 aromatic rings. The minimum Gasteiger partial charge on any atom is -0.491 e. The van der Waals surface area contributed by atoms with Crippen LogP contribution in [0.15, 0.2) is 84.9 Å². The Morgan fingerprint density at radius 1 is 0.581 bits per heavy atom. The first-order chi connectivity index (χ1) is 20.5. The average Bonchev–Trinajstić information content (AvgIpc) is 3.28. The second-order valence-corrected chi connectivity index (χ2v) is 13.4. The molecule has 0 radical (unpaired) electrons. The highest BCUT2D eigenvalue weighted by Crippen LogP contribution is 2.57. The molecule has 43 heavy (non-hydrogen) atoms. The van der Waals surface area contributed by atoms with E-state index in [4.69, 9.17) is 14.2 Å². The summed E-state index contributed by atoms with van der Waals surface area (Å²) in [6.45, 7) is 17.7. The summed E-state index contributed by atoms with van der Waals surface area (Å²) in [5, 5.41) is 9.31. The Labute approximate surface area is 257 Å². The van der Waals surface area contributed by atoms with Crippen molar-refractivity contribution in [2.45, 2.75) is 64.7 Å². The molecule has 1 N–H and O–H groups in total. The van der Waals surface area contributed by atoms with Crippen molar-refractivity contribution >= 4 is 0 Å². The Balaban J connectivity index is 1.78. The first-order valence-electron chi connectivity index (χ1n) is 15.5. The number of benzene rings is 4. The van der Waals surface area contributed by atoms with Gasteiger partial charge in [0.15, 0.2) is 0 Å². The Hall–Kier alpha value is -3.60. The van der Waals surface area contributed by atoms with Crippen LogP contribution in [0.25, 0.3) is 11.1 Å². The standard InChI is InChI=1S/C39H46O4/c1-8-41-23-24-43-32-17-11-28(12-18-32)39(27-9-15-31(16-10-27)42-22-21-40)35-25-29(37(2,3)4)13-19-33(35)34-20-14-30(26-36(34)39)38(5,6)7/h9-20,25-26,40H,8,21-24H2,1-7H3. The summed E-state index contributed by atoms with van der Waals surface area (Å²) in [5.74, 6) is 1.58. The van der Waals surface area contributed by atoms with Gasteiger partial charge in [-0.3, -0.25) is 0 Å². The average molecular weight is 579 g/mol. The van der Waals surface area contributed by atoms with Gasteiger partial charge >= 0.3 is 0 Å². The molecule has 0 amide bonds. The molecule has 0 aliphatic heterocycles. The van der Waals surface area contributed by atoms with E-state index in [1.807, 2.05) is 19.1 Å². The molecule has 0 fully saturated rings. The van der Waals surface area contributed by atoms with Gasteiger partial charge in [-0.1, -0.05) is 102 Å². The van der Waals surface area contributed by atoms with Crippen LogP contribution in [0.2, 0.25) is 0 Å². The smallest absolute Gasteiger partial charge is 0.119 e. The summed E-state index contributed by atoms with van der Waals surface area (Å²) in [4.78, 5) is 0. The summed E-state index contributed by atoms with van der Waals surface area (Å²) >= 11 is 0. The molecule has 4 heteroatoms. The third kappa shape index (κ3) is 5.96. The number of fused-ring (bicyclic) bond motifs is 3. The largest absolute Gasteiger partial charge is 0.491 e. The Bertz CT molecular complexity index is 1470. The molecule has 0 saturated carbocycles. The number of hydrogen-bond donors (Lipinski definition) is 1. The first-order valence-corrected chi connectivity index (χ1v) is 15.5. The van der Waals surface area contributed by atoms with Crippen LogP contribution in [-0.2, 0) is 21.0 Å². The van der Waals surface area contributed by atoms with Crippen LogP contribution in [-0.4, -0.2) is 38.1 Å². The van der Waals surface area contributed by atoms with Crippen LogP contribution < -0.4 is 9.47 Å².